The molecule has 160 valence electrons. The number of rotatable bonds is 2. The number of aliphatic hydroxyl groups excluding tert-OH is 1. The molecule has 0 spiro atoms. The molecule has 5 nitrogen and oxygen atoms in total. The van der Waals surface area contributed by atoms with E-state index in [1.165, 1.54) is 6.07 Å². The molecule has 1 fully saturated rings. The van der Waals surface area contributed by atoms with Gasteiger partial charge >= 0.3 is 6.18 Å². The van der Waals surface area contributed by atoms with Gasteiger partial charge in [-0.1, -0.05) is 12.1 Å². The highest BCUT2D eigenvalue weighted by Crippen LogP contribution is 2.45. The maximum absolute atomic E-state index is 13.4. The molecule has 4 atom stereocenters. The number of fused-ring (bicyclic) bond motifs is 2. The van der Waals surface area contributed by atoms with Gasteiger partial charge in [0.2, 0.25) is 0 Å². The van der Waals surface area contributed by atoms with Gasteiger partial charge in [-0.05, 0) is 60.6 Å². The number of nitriles is 2. The van der Waals surface area contributed by atoms with E-state index in [4.69, 9.17) is 5.26 Å². The second kappa shape index (κ2) is 7.56. The van der Waals surface area contributed by atoms with Crippen LogP contribution in [0.25, 0.3) is 0 Å². The van der Waals surface area contributed by atoms with Crippen molar-refractivity contribution in [2.24, 2.45) is 5.92 Å². The average molecular weight is 427 g/mol. The quantitative estimate of drug-likeness (QED) is 0.681. The van der Waals surface area contributed by atoms with Gasteiger partial charge in [-0.2, -0.15) is 23.7 Å². The number of alkyl halides is 3. The summed E-state index contributed by atoms with van der Waals surface area (Å²) < 4.78 is 40.2. The van der Waals surface area contributed by atoms with Crippen molar-refractivity contribution in [1.82, 2.24) is 0 Å². The summed E-state index contributed by atoms with van der Waals surface area (Å²) in [6.45, 7) is 0. The predicted molar refractivity (Wildman–Crippen MR) is 106 cm³/mol. The minimum Gasteiger partial charge on any atom is -0.390 e. The van der Waals surface area contributed by atoms with E-state index in [2.05, 4.69) is 5.32 Å². The molecule has 3 unspecified atom stereocenters. The first-order chi connectivity index (χ1) is 14.7. The van der Waals surface area contributed by atoms with Gasteiger partial charge in [0, 0.05) is 12.1 Å². The molecule has 1 heterocycles. The van der Waals surface area contributed by atoms with E-state index >= 15 is 0 Å². The zero-order valence-electron chi connectivity index (χ0n) is 16.4. The van der Waals surface area contributed by atoms with Crippen LogP contribution in [0.4, 0.5) is 18.9 Å². The molecule has 0 aromatic heterocycles. The van der Waals surface area contributed by atoms with Gasteiger partial charge < -0.3 is 15.5 Å². The van der Waals surface area contributed by atoms with Gasteiger partial charge in [0.1, 0.15) is 5.60 Å². The first kappa shape index (κ1) is 21.2. The summed E-state index contributed by atoms with van der Waals surface area (Å²) in [5, 5.41) is 43.4. The van der Waals surface area contributed by atoms with Gasteiger partial charge in [0.15, 0.2) is 0 Å². The first-order valence-corrected chi connectivity index (χ1v) is 9.96. The second-order valence-corrected chi connectivity index (χ2v) is 8.32. The Hall–Kier alpha value is -3.07. The summed E-state index contributed by atoms with van der Waals surface area (Å²) in [5.41, 5.74) is -1.04. The van der Waals surface area contributed by atoms with Gasteiger partial charge in [0.05, 0.1) is 41.0 Å². The molecule has 1 aliphatic heterocycles. The molecule has 1 saturated carbocycles. The molecule has 0 bridgehead atoms. The van der Waals surface area contributed by atoms with Crippen molar-refractivity contribution in [3.8, 4) is 12.1 Å². The lowest BCUT2D eigenvalue weighted by atomic mass is 9.66. The molecule has 1 aliphatic carbocycles. The number of benzene rings is 2. The number of aliphatic hydroxyl groups is 2. The van der Waals surface area contributed by atoms with Gasteiger partial charge in [-0.25, -0.2) is 0 Å². The summed E-state index contributed by atoms with van der Waals surface area (Å²) in [7, 11) is 0. The summed E-state index contributed by atoms with van der Waals surface area (Å²) in [6.07, 6.45) is -4.29. The molecular formula is C23H20F3N3O2. The Morgan fingerprint density at radius 1 is 1.10 bits per heavy atom. The molecule has 3 N–H and O–H groups in total. The highest BCUT2D eigenvalue weighted by molar-refractivity contribution is 5.62. The van der Waals surface area contributed by atoms with Crippen molar-refractivity contribution in [2.45, 2.75) is 49.6 Å². The maximum Gasteiger partial charge on any atom is 0.417 e. The van der Waals surface area contributed by atoms with E-state index in [0.29, 0.717) is 36.0 Å². The van der Waals surface area contributed by atoms with E-state index in [9.17, 15) is 28.6 Å². The lowest BCUT2D eigenvalue weighted by molar-refractivity contribution is -0.137. The predicted octanol–water partition coefficient (Wildman–Crippen LogP) is 3.53. The van der Waals surface area contributed by atoms with Gasteiger partial charge in [0.25, 0.3) is 0 Å². The highest BCUT2D eigenvalue weighted by atomic mass is 19.4. The van der Waals surface area contributed by atoms with Crippen LogP contribution in [-0.2, 0) is 19.0 Å². The zero-order chi connectivity index (χ0) is 22.4. The molecule has 2 aromatic carbocycles. The summed E-state index contributed by atoms with van der Waals surface area (Å²) in [6, 6.07) is 11.8. The second-order valence-electron chi connectivity index (χ2n) is 8.32. The third kappa shape index (κ3) is 3.74. The molecule has 4 rings (SSSR count). The van der Waals surface area contributed by atoms with E-state index < -0.39 is 35.1 Å². The topological polar surface area (TPSA) is 100 Å². The lowest BCUT2D eigenvalue weighted by Gasteiger charge is -2.51. The number of hydrogen-bond donors (Lipinski definition) is 3. The Labute approximate surface area is 177 Å². The third-order valence-electron chi connectivity index (χ3n) is 6.43. The monoisotopic (exact) mass is 427 g/mol. The van der Waals surface area contributed by atoms with Crippen LogP contribution in [0.1, 0.15) is 40.7 Å². The van der Waals surface area contributed by atoms with Crippen LogP contribution >= 0.6 is 0 Å². The normalized spacial score (nSPS) is 27.3. The van der Waals surface area contributed by atoms with E-state index in [1.807, 2.05) is 6.07 Å². The van der Waals surface area contributed by atoms with Gasteiger partial charge in [-0.3, -0.25) is 0 Å². The number of anilines is 1. The summed E-state index contributed by atoms with van der Waals surface area (Å²) in [5.74, 6) is -0.109. The first-order valence-electron chi connectivity index (χ1n) is 9.96. The molecule has 8 heteroatoms. The molecule has 0 amide bonds. The number of nitrogens with one attached hydrogen (secondary N) is 1. The molecule has 31 heavy (non-hydrogen) atoms. The Morgan fingerprint density at radius 2 is 1.81 bits per heavy atom. The Balaban J connectivity index is 1.70. The molecule has 0 radical (unpaired) electrons. The SMILES string of the molecule is N#Cc1ccc(C[C@]2(O)C(O)CCC3Cc4cc(C#N)c(C(F)(F)F)cc4NC32)cc1. The zero-order valence-corrected chi connectivity index (χ0v) is 16.4. The summed E-state index contributed by atoms with van der Waals surface area (Å²) in [4.78, 5) is 0. The van der Waals surface area contributed by atoms with Crippen molar-refractivity contribution in [3.05, 3.63) is 64.2 Å². The molecular weight excluding hydrogens is 407 g/mol. The number of halogens is 3. The lowest BCUT2D eigenvalue weighted by Crippen LogP contribution is -2.63. The number of nitrogens with zero attached hydrogens (tertiary/aromatic N) is 2. The van der Waals surface area contributed by atoms with Crippen LogP contribution < -0.4 is 5.32 Å². The van der Waals surface area contributed by atoms with Crippen molar-refractivity contribution in [2.75, 3.05) is 5.32 Å². The number of hydrogen-bond acceptors (Lipinski definition) is 5. The van der Waals surface area contributed by atoms with Crippen LogP contribution in [0, 0.1) is 28.6 Å². The Kier molecular flexibility index (Phi) is 5.17. The van der Waals surface area contributed by atoms with Crippen molar-refractivity contribution in [3.63, 3.8) is 0 Å². The third-order valence-corrected chi connectivity index (χ3v) is 6.43. The largest absolute Gasteiger partial charge is 0.417 e. The molecule has 2 aliphatic rings. The van der Waals surface area contributed by atoms with Crippen LogP contribution in [0.3, 0.4) is 0 Å². The molecule has 2 aromatic rings. The highest BCUT2D eigenvalue weighted by Gasteiger charge is 2.52. The fourth-order valence-electron chi connectivity index (χ4n) is 4.84. The van der Waals surface area contributed by atoms with Crippen molar-refractivity contribution in [1.29, 1.82) is 10.5 Å². The fraction of sp³-hybridized carbons (Fsp3) is 0.391. The van der Waals surface area contributed by atoms with Crippen LogP contribution in [0.15, 0.2) is 36.4 Å². The summed E-state index contributed by atoms with van der Waals surface area (Å²) >= 11 is 0. The van der Waals surface area contributed by atoms with Crippen LogP contribution in [-0.4, -0.2) is 28.0 Å². The maximum atomic E-state index is 13.4. The smallest absolute Gasteiger partial charge is 0.390 e. The van der Waals surface area contributed by atoms with E-state index in [-0.39, 0.29) is 18.0 Å². The molecule has 0 saturated heterocycles. The van der Waals surface area contributed by atoms with Crippen LogP contribution in [0.5, 0.6) is 0 Å². The minimum absolute atomic E-state index is 0.0891. The van der Waals surface area contributed by atoms with E-state index in [0.717, 1.165) is 6.07 Å². The average Bonchev–Trinajstić information content (AvgIpc) is 2.74. The van der Waals surface area contributed by atoms with E-state index in [1.54, 1.807) is 30.3 Å². The minimum atomic E-state index is -4.68. The Morgan fingerprint density at radius 3 is 2.42 bits per heavy atom. The van der Waals surface area contributed by atoms with Crippen molar-refractivity contribution < 1.29 is 23.4 Å². The Bertz CT molecular complexity index is 1090. The fourth-order valence-corrected chi connectivity index (χ4v) is 4.84. The van der Waals surface area contributed by atoms with Crippen LogP contribution in [0.2, 0.25) is 0 Å². The standard InChI is InChI=1S/C23H20F3N3O2/c24-23(25,26)18-9-19-16(8-17(18)12-28)7-15-5-6-20(30)22(31,21(15)29-19)10-13-1-3-14(11-27)4-2-13/h1-4,8-9,15,20-21,29-31H,5-7,10H2/t15?,20?,21?,22-/m0/s1. The van der Waals surface area contributed by atoms with Gasteiger partial charge in [-0.15, -0.1) is 0 Å². The van der Waals surface area contributed by atoms with Crippen molar-refractivity contribution >= 4 is 5.69 Å².